The molecule has 0 aliphatic heterocycles. The number of primary amides is 1. The van der Waals surface area contributed by atoms with E-state index in [1.165, 1.54) is 16.2 Å². The van der Waals surface area contributed by atoms with E-state index >= 15 is 0 Å². The fraction of sp³-hybridized carbons (Fsp3) is 0.467. The molecule has 5 heteroatoms. The molecule has 1 aliphatic rings. The van der Waals surface area contributed by atoms with Gasteiger partial charge in [0.25, 0.3) is 5.91 Å². The highest BCUT2D eigenvalue weighted by Crippen LogP contribution is 2.39. The van der Waals surface area contributed by atoms with E-state index in [1.54, 1.807) is 6.08 Å². The van der Waals surface area contributed by atoms with Crippen molar-refractivity contribution in [1.29, 1.82) is 0 Å². The van der Waals surface area contributed by atoms with Crippen molar-refractivity contribution in [2.24, 2.45) is 11.7 Å². The van der Waals surface area contributed by atoms with E-state index in [0.29, 0.717) is 29.3 Å². The standard InChI is InChI=1S/C15H20N2O2S/c1-3-4-5-12(18)17-15-13(14(16)19)10-7-6-9(2)8-11(10)20-15/h3,9H,1,4-8H2,2H3,(H2,16,19)(H,17,18). The molecule has 0 radical (unpaired) electrons. The molecule has 0 saturated heterocycles. The molecule has 1 unspecified atom stereocenters. The van der Waals surface area contributed by atoms with Crippen LogP contribution < -0.4 is 11.1 Å². The lowest BCUT2D eigenvalue weighted by molar-refractivity contribution is -0.116. The van der Waals surface area contributed by atoms with Gasteiger partial charge in [0.1, 0.15) is 5.00 Å². The molecule has 0 fully saturated rings. The summed E-state index contributed by atoms with van der Waals surface area (Å²) in [5, 5.41) is 3.45. The van der Waals surface area contributed by atoms with Crippen LogP contribution in [0.15, 0.2) is 12.7 Å². The van der Waals surface area contributed by atoms with Crippen molar-refractivity contribution in [2.45, 2.75) is 39.0 Å². The Morgan fingerprint density at radius 3 is 2.95 bits per heavy atom. The number of nitrogens with one attached hydrogen (secondary N) is 1. The summed E-state index contributed by atoms with van der Waals surface area (Å²) in [7, 11) is 0. The molecule has 108 valence electrons. The van der Waals surface area contributed by atoms with Crippen LogP contribution in [-0.2, 0) is 17.6 Å². The van der Waals surface area contributed by atoms with Gasteiger partial charge in [-0.05, 0) is 37.2 Å². The molecule has 0 spiro atoms. The number of amides is 2. The van der Waals surface area contributed by atoms with Crippen molar-refractivity contribution in [2.75, 3.05) is 5.32 Å². The molecule has 1 heterocycles. The van der Waals surface area contributed by atoms with Crippen LogP contribution in [0, 0.1) is 5.92 Å². The molecule has 2 amide bonds. The minimum absolute atomic E-state index is 0.0981. The maximum Gasteiger partial charge on any atom is 0.251 e. The van der Waals surface area contributed by atoms with Crippen LogP contribution in [0.4, 0.5) is 5.00 Å². The maximum absolute atomic E-state index is 11.8. The van der Waals surface area contributed by atoms with E-state index < -0.39 is 5.91 Å². The number of rotatable bonds is 5. The number of hydrogen-bond acceptors (Lipinski definition) is 3. The Labute approximate surface area is 123 Å². The zero-order valence-electron chi connectivity index (χ0n) is 11.7. The molecule has 0 saturated carbocycles. The first-order valence-electron chi connectivity index (χ1n) is 6.88. The van der Waals surface area contributed by atoms with Crippen molar-refractivity contribution in [1.82, 2.24) is 0 Å². The summed E-state index contributed by atoms with van der Waals surface area (Å²) >= 11 is 1.50. The van der Waals surface area contributed by atoms with Crippen LogP contribution >= 0.6 is 11.3 Å². The largest absolute Gasteiger partial charge is 0.365 e. The molecule has 2 rings (SSSR count). The van der Waals surface area contributed by atoms with E-state index in [-0.39, 0.29) is 5.91 Å². The van der Waals surface area contributed by atoms with Gasteiger partial charge in [-0.2, -0.15) is 0 Å². The van der Waals surface area contributed by atoms with Crippen molar-refractivity contribution in [3.05, 3.63) is 28.7 Å². The quantitative estimate of drug-likeness (QED) is 0.819. The molecule has 4 nitrogen and oxygen atoms in total. The first kappa shape index (κ1) is 14.8. The van der Waals surface area contributed by atoms with Crippen LogP contribution in [-0.4, -0.2) is 11.8 Å². The lowest BCUT2D eigenvalue weighted by Crippen LogP contribution is -2.19. The average Bonchev–Trinajstić information content (AvgIpc) is 2.73. The second kappa shape index (κ2) is 6.22. The summed E-state index contributed by atoms with van der Waals surface area (Å²) in [6.45, 7) is 5.80. The van der Waals surface area contributed by atoms with Gasteiger partial charge < -0.3 is 11.1 Å². The first-order valence-corrected chi connectivity index (χ1v) is 7.69. The molecular weight excluding hydrogens is 272 g/mol. The highest BCUT2D eigenvalue weighted by molar-refractivity contribution is 7.17. The average molecular weight is 292 g/mol. The summed E-state index contributed by atoms with van der Waals surface area (Å²) in [4.78, 5) is 24.7. The number of nitrogens with two attached hydrogens (primary N) is 1. The number of fused-ring (bicyclic) bond motifs is 1. The van der Waals surface area contributed by atoms with E-state index in [9.17, 15) is 9.59 Å². The minimum Gasteiger partial charge on any atom is -0.365 e. The molecule has 20 heavy (non-hydrogen) atoms. The van der Waals surface area contributed by atoms with Crippen LogP contribution in [0.2, 0.25) is 0 Å². The zero-order valence-corrected chi connectivity index (χ0v) is 12.5. The van der Waals surface area contributed by atoms with Crippen molar-refractivity contribution in [3.8, 4) is 0 Å². The van der Waals surface area contributed by atoms with Crippen molar-refractivity contribution in [3.63, 3.8) is 0 Å². The number of thiophene rings is 1. The molecule has 1 atom stereocenters. The van der Waals surface area contributed by atoms with Gasteiger partial charge in [0.15, 0.2) is 0 Å². The Balaban J connectivity index is 2.26. The second-order valence-electron chi connectivity index (χ2n) is 5.30. The van der Waals surface area contributed by atoms with Gasteiger partial charge in [0, 0.05) is 11.3 Å². The van der Waals surface area contributed by atoms with E-state index in [4.69, 9.17) is 5.73 Å². The van der Waals surface area contributed by atoms with Gasteiger partial charge in [0.05, 0.1) is 5.56 Å². The third kappa shape index (κ3) is 3.10. The SMILES string of the molecule is C=CCCC(=O)Nc1sc2c(c1C(N)=O)CCC(C)C2. The number of carbonyl (C=O) groups excluding carboxylic acids is 2. The Morgan fingerprint density at radius 1 is 1.55 bits per heavy atom. The summed E-state index contributed by atoms with van der Waals surface area (Å²) in [6.07, 6.45) is 5.60. The lowest BCUT2D eigenvalue weighted by Gasteiger charge is -2.18. The molecule has 0 bridgehead atoms. The molecular formula is C15H20N2O2S. The highest BCUT2D eigenvalue weighted by Gasteiger charge is 2.26. The van der Waals surface area contributed by atoms with Crippen LogP contribution in [0.5, 0.6) is 0 Å². The molecule has 1 aromatic rings. The minimum atomic E-state index is -0.448. The van der Waals surface area contributed by atoms with Gasteiger partial charge in [0.2, 0.25) is 5.91 Å². The monoisotopic (exact) mass is 292 g/mol. The topological polar surface area (TPSA) is 72.2 Å². The number of carbonyl (C=O) groups is 2. The van der Waals surface area contributed by atoms with E-state index in [2.05, 4.69) is 18.8 Å². The predicted octanol–water partition coefficient (Wildman–Crippen LogP) is 2.88. The van der Waals surface area contributed by atoms with Gasteiger partial charge in [-0.25, -0.2) is 0 Å². The molecule has 1 aromatic heterocycles. The van der Waals surface area contributed by atoms with Crippen molar-refractivity contribution >= 4 is 28.2 Å². The first-order chi connectivity index (χ1) is 9.52. The fourth-order valence-corrected chi connectivity index (χ4v) is 3.95. The summed E-state index contributed by atoms with van der Waals surface area (Å²) in [5.41, 5.74) is 7.05. The summed E-state index contributed by atoms with van der Waals surface area (Å²) in [5.74, 6) is 0.0707. The van der Waals surface area contributed by atoms with Gasteiger partial charge in [-0.1, -0.05) is 13.0 Å². The Kier molecular flexibility index (Phi) is 4.60. The van der Waals surface area contributed by atoms with E-state index in [0.717, 1.165) is 24.8 Å². The van der Waals surface area contributed by atoms with Crippen LogP contribution in [0.1, 0.15) is 47.0 Å². The maximum atomic E-state index is 11.8. The Morgan fingerprint density at radius 2 is 2.30 bits per heavy atom. The normalized spacial score (nSPS) is 17.4. The second-order valence-corrected chi connectivity index (χ2v) is 6.40. The molecule has 1 aliphatic carbocycles. The smallest absolute Gasteiger partial charge is 0.251 e. The number of anilines is 1. The van der Waals surface area contributed by atoms with E-state index in [1.807, 2.05) is 0 Å². The van der Waals surface area contributed by atoms with Gasteiger partial charge in [-0.15, -0.1) is 17.9 Å². The summed E-state index contributed by atoms with van der Waals surface area (Å²) < 4.78 is 0. The van der Waals surface area contributed by atoms with Crippen LogP contribution in [0.25, 0.3) is 0 Å². The summed E-state index contributed by atoms with van der Waals surface area (Å²) in [6, 6.07) is 0. The van der Waals surface area contributed by atoms with Crippen LogP contribution in [0.3, 0.4) is 0 Å². The zero-order chi connectivity index (χ0) is 14.7. The Hall–Kier alpha value is -1.62. The predicted molar refractivity (Wildman–Crippen MR) is 82.1 cm³/mol. The number of hydrogen-bond donors (Lipinski definition) is 2. The highest BCUT2D eigenvalue weighted by atomic mass is 32.1. The third-order valence-corrected chi connectivity index (χ3v) is 4.76. The molecule has 0 aromatic carbocycles. The molecule has 3 N–H and O–H groups in total. The van der Waals surface area contributed by atoms with Gasteiger partial charge >= 0.3 is 0 Å². The fourth-order valence-electron chi connectivity index (χ4n) is 2.52. The number of allylic oxidation sites excluding steroid dienone is 1. The lowest BCUT2D eigenvalue weighted by atomic mass is 9.88. The van der Waals surface area contributed by atoms with Crippen molar-refractivity contribution < 1.29 is 9.59 Å². The third-order valence-electron chi connectivity index (χ3n) is 3.59. The van der Waals surface area contributed by atoms with Gasteiger partial charge in [-0.3, -0.25) is 9.59 Å². The Bertz CT molecular complexity index is 548.